The van der Waals surface area contributed by atoms with E-state index in [-0.39, 0.29) is 10.8 Å². The monoisotopic (exact) mass is 317 g/mol. The molecule has 98 valence electrons. The molecule has 0 aliphatic heterocycles. The quantitative estimate of drug-likeness (QED) is 0.481. The summed E-state index contributed by atoms with van der Waals surface area (Å²) in [5, 5.41) is 0. The first-order valence-electron chi connectivity index (χ1n) is 5.25. The summed E-state index contributed by atoms with van der Waals surface area (Å²) in [5.41, 5.74) is 0.109. The van der Waals surface area contributed by atoms with Gasteiger partial charge in [-0.2, -0.15) is 0 Å². The van der Waals surface area contributed by atoms with E-state index in [1.807, 2.05) is 0 Å². The van der Waals surface area contributed by atoms with Crippen molar-refractivity contribution in [2.24, 2.45) is 16.7 Å². The Bertz CT molecular complexity index is 236. The van der Waals surface area contributed by atoms with E-state index < -0.39 is 6.19 Å². The molecule has 0 radical (unpaired) electrons. The molecule has 0 amide bonds. The molecule has 0 saturated heterocycles. The van der Waals surface area contributed by atoms with Gasteiger partial charge in [-0.3, -0.25) is 0 Å². The van der Waals surface area contributed by atoms with Crippen molar-refractivity contribution in [2.45, 2.75) is 41.5 Å². The summed E-state index contributed by atoms with van der Waals surface area (Å²) in [5.74, 6) is 5.23. The summed E-state index contributed by atoms with van der Waals surface area (Å²) >= 11 is 2.80. The summed E-state index contributed by atoms with van der Waals surface area (Å²) in [6.07, 6.45) is -2.49. The molecule has 0 heterocycles. The molecule has 0 atom stereocenters. The van der Waals surface area contributed by atoms with Crippen LogP contribution in [0.2, 0.25) is 0 Å². The van der Waals surface area contributed by atoms with Crippen LogP contribution in [-0.2, 0) is 13.7 Å². The van der Waals surface area contributed by atoms with Crippen molar-refractivity contribution in [2.75, 3.05) is 13.2 Å². The number of rotatable bonds is 5. The third-order valence-electron chi connectivity index (χ3n) is 1.44. The molecule has 16 heavy (non-hydrogen) atoms. The van der Waals surface area contributed by atoms with Gasteiger partial charge in [0, 0.05) is 0 Å². The van der Waals surface area contributed by atoms with Crippen LogP contribution in [-0.4, -0.2) is 28.3 Å². The molecule has 0 rings (SSSR count). The molecule has 0 bridgehead atoms. The Hall–Kier alpha value is 0.789. The van der Waals surface area contributed by atoms with Crippen LogP contribution in [0.15, 0.2) is 0 Å². The van der Waals surface area contributed by atoms with Gasteiger partial charge in [-0.15, -0.1) is 0 Å². The van der Waals surface area contributed by atoms with Crippen molar-refractivity contribution in [3.8, 4) is 0 Å². The summed E-state index contributed by atoms with van der Waals surface area (Å²) in [6, 6.07) is 0. The predicted octanol–water partition coefficient (Wildman–Crippen LogP) is 2.85. The SMILES string of the molecule is CC(C)(C)COP(=[Se])(ON)OCC(C)(C)C. The first-order valence-corrected chi connectivity index (χ1v) is 9.01. The second-order valence-electron chi connectivity index (χ2n) is 6.22. The number of nitrogens with two attached hydrogens (primary N) is 1. The summed E-state index contributed by atoms with van der Waals surface area (Å²) < 4.78 is 16.1. The Labute approximate surface area is 107 Å². The Morgan fingerprint density at radius 3 is 1.44 bits per heavy atom. The second-order valence-corrected chi connectivity index (χ2v) is 10.7. The maximum atomic E-state index is 5.62. The molecule has 6 heteroatoms. The van der Waals surface area contributed by atoms with Crippen LogP contribution in [0.25, 0.3) is 0 Å². The third-order valence-corrected chi connectivity index (χ3v) is 4.46. The zero-order valence-corrected chi connectivity index (χ0v) is 13.7. The van der Waals surface area contributed by atoms with Crippen molar-refractivity contribution >= 4 is 21.3 Å². The first kappa shape index (κ1) is 16.8. The van der Waals surface area contributed by atoms with Gasteiger partial charge >= 0.3 is 106 Å². The Morgan fingerprint density at radius 2 is 1.25 bits per heavy atom. The van der Waals surface area contributed by atoms with E-state index in [0.29, 0.717) is 13.2 Å². The molecule has 0 spiro atoms. The van der Waals surface area contributed by atoms with Crippen molar-refractivity contribution in [1.29, 1.82) is 0 Å². The second kappa shape index (κ2) is 6.10. The van der Waals surface area contributed by atoms with E-state index in [4.69, 9.17) is 19.6 Å². The van der Waals surface area contributed by atoms with Gasteiger partial charge in [0.05, 0.1) is 0 Å². The van der Waals surface area contributed by atoms with Gasteiger partial charge in [0.2, 0.25) is 0 Å². The van der Waals surface area contributed by atoms with E-state index in [2.05, 4.69) is 56.6 Å². The molecule has 0 aliphatic carbocycles. The molecule has 2 N–H and O–H groups in total. The van der Waals surface area contributed by atoms with Crippen molar-refractivity contribution in [3.63, 3.8) is 0 Å². The van der Waals surface area contributed by atoms with Crippen molar-refractivity contribution in [3.05, 3.63) is 0 Å². The third kappa shape index (κ3) is 8.89. The Kier molecular flexibility index (Phi) is 6.40. The van der Waals surface area contributed by atoms with Crippen LogP contribution in [0, 0.1) is 10.8 Å². The average molecular weight is 316 g/mol. The predicted molar refractivity (Wildman–Crippen MR) is 68.8 cm³/mol. The molecule has 0 unspecified atom stereocenters. The van der Waals surface area contributed by atoms with Gasteiger partial charge in [-0.1, -0.05) is 0 Å². The van der Waals surface area contributed by atoms with Gasteiger partial charge in [-0.05, 0) is 0 Å². The minimum atomic E-state index is -2.49. The van der Waals surface area contributed by atoms with Crippen molar-refractivity contribution in [1.82, 2.24) is 0 Å². The van der Waals surface area contributed by atoms with E-state index in [1.165, 1.54) is 0 Å². The average Bonchev–Trinajstić information content (AvgIpc) is 2.09. The van der Waals surface area contributed by atoms with Gasteiger partial charge in [-0.25, -0.2) is 0 Å². The Morgan fingerprint density at radius 1 is 0.938 bits per heavy atom. The van der Waals surface area contributed by atoms with Crippen LogP contribution in [0.5, 0.6) is 0 Å². The summed E-state index contributed by atoms with van der Waals surface area (Å²) in [4.78, 5) is 0. The van der Waals surface area contributed by atoms with Crippen molar-refractivity contribution < 1.29 is 13.7 Å². The molecule has 0 saturated carbocycles. The van der Waals surface area contributed by atoms with Gasteiger partial charge in [0.1, 0.15) is 0 Å². The van der Waals surface area contributed by atoms with Crippen LogP contribution in [0.3, 0.4) is 0 Å². The van der Waals surface area contributed by atoms with Crippen LogP contribution in [0.1, 0.15) is 41.5 Å². The molecule has 0 aromatic carbocycles. The molecule has 0 aliphatic rings. The molecular formula is C10H24NO3PSe. The molecular weight excluding hydrogens is 292 g/mol. The fraction of sp³-hybridized carbons (Fsp3) is 1.00. The van der Waals surface area contributed by atoms with E-state index in [1.54, 1.807) is 0 Å². The summed E-state index contributed by atoms with van der Waals surface area (Å²) in [6.45, 7) is 13.6. The molecule has 4 nitrogen and oxygen atoms in total. The van der Waals surface area contributed by atoms with Crippen LogP contribution < -0.4 is 5.90 Å². The maximum absolute atomic E-state index is 5.62. The van der Waals surface area contributed by atoms with Crippen LogP contribution >= 0.6 is 6.19 Å². The fourth-order valence-corrected chi connectivity index (χ4v) is 2.59. The molecule has 0 aromatic rings. The molecule has 0 aromatic heterocycles. The zero-order chi connectivity index (χ0) is 13.0. The Balaban J connectivity index is 4.28. The van der Waals surface area contributed by atoms with E-state index in [0.717, 1.165) is 0 Å². The van der Waals surface area contributed by atoms with E-state index >= 15 is 0 Å². The number of hydrogen-bond acceptors (Lipinski definition) is 4. The fourth-order valence-electron chi connectivity index (χ4n) is 0.644. The van der Waals surface area contributed by atoms with Gasteiger partial charge < -0.3 is 0 Å². The zero-order valence-electron chi connectivity index (χ0n) is 11.1. The van der Waals surface area contributed by atoms with Crippen LogP contribution in [0.4, 0.5) is 0 Å². The minimum absolute atomic E-state index is 0.0543. The van der Waals surface area contributed by atoms with Gasteiger partial charge in [0.25, 0.3) is 0 Å². The molecule has 0 fully saturated rings. The summed E-state index contributed by atoms with van der Waals surface area (Å²) in [7, 11) is 0. The standard InChI is InChI=1S/C10H24NO3PSe/c1-9(2,3)7-12-15(16,14-11)13-8-10(4,5)6/h7-8,11H2,1-6H3. The topological polar surface area (TPSA) is 53.7 Å². The van der Waals surface area contributed by atoms with E-state index in [9.17, 15) is 0 Å². The van der Waals surface area contributed by atoms with Gasteiger partial charge in [0.15, 0.2) is 0 Å². The number of hydrogen-bond donors (Lipinski definition) is 1. The normalized spacial score (nSPS) is 14.2. The first-order chi connectivity index (χ1) is 6.97.